The van der Waals surface area contributed by atoms with Gasteiger partial charge in [-0.05, 0) is 75.4 Å². The number of methoxy groups -OCH3 is 1. The summed E-state index contributed by atoms with van der Waals surface area (Å²) < 4.78 is 7.27. The first kappa shape index (κ1) is 45.5. The second kappa shape index (κ2) is 21.6. The normalized spacial score (nSPS) is 16.4. The van der Waals surface area contributed by atoms with Crippen molar-refractivity contribution in [1.82, 2.24) is 36.0 Å². The fraction of sp³-hybridized carbons (Fsp3) is 0.455. The molecule has 17 heteroatoms. The van der Waals surface area contributed by atoms with Crippen LogP contribution in [0.25, 0.3) is 5.00 Å². The summed E-state index contributed by atoms with van der Waals surface area (Å²) in [6.07, 6.45) is 5.89. The number of amides is 5. The topological polar surface area (TPSA) is 186 Å². The first-order valence-electron chi connectivity index (χ1n) is 20.7. The Morgan fingerprint density at radius 1 is 0.967 bits per heavy atom. The third-order valence-corrected chi connectivity index (χ3v) is 13.4. The lowest BCUT2D eigenvalue weighted by molar-refractivity contribution is -0.137. The van der Waals surface area contributed by atoms with Crippen molar-refractivity contribution in [2.75, 3.05) is 19.4 Å². The summed E-state index contributed by atoms with van der Waals surface area (Å²) in [5.41, 5.74) is 4.93. The number of carbonyl (C=O) groups excluding carboxylic acids is 5. The van der Waals surface area contributed by atoms with Gasteiger partial charge in [0.1, 0.15) is 34.7 Å². The van der Waals surface area contributed by atoms with Gasteiger partial charge in [-0.1, -0.05) is 61.5 Å². The summed E-state index contributed by atoms with van der Waals surface area (Å²) >= 11 is 9.40. The van der Waals surface area contributed by atoms with Gasteiger partial charge in [-0.15, -0.1) is 21.5 Å². The van der Waals surface area contributed by atoms with Gasteiger partial charge in [0.05, 0.1) is 19.2 Å². The lowest BCUT2D eigenvalue weighted by Crippen LogP contribution is -2.57. The van der Waals surface area contributed by atoms with E-state index < -0.39 is 29.9 Å². The van der Waals surface area contributed by atoms with Crippen LogP contribution in [0, 0.1) is 20.8 Å². The highest BCUT2D eigenvalue weighted by atomic mass is 35.5. The number of nitrogens with one attached hydrogen (secondary N) is 4. The van der Waals surface area contributed by atoms with Crippen LogP contribution in [-0.4, -0.2) is 81.5 Å². The number of rotatable bonds is 20. The number of hydrogen-bond acceptors (Lipinski definition) is 11. The highest BCUT2D eigenvalue weighted by Gasteiger charge is 2.33. The third-order valence-electron chi connectivity index (χ3n) is 10.8. The van der Waals surface area contributed by atoms with Crippen molar-refractivity contribution < 1.29 is 28.7 Å². The number of piperidine rings is 1. The largest absolute Gasteiger partial charge is 0.497 e. The monoisotopic (exact) mass is 888 g/mol. The lowest BCUT2D eigenvalue weighted by atomic mass is 9.99. The Kier molecular flexibility index (Phi) is 16.1. The predicted molar refractivity (Wildman–Crippen MR) is 239 cm³/mol. The van der Waals surface area contributed by atoms with E-state index in [2.05, 4.69) is 45.3 Å². The number of carbonyl (C=O) groups is 5. The van der Waals surface area contributed by atoms with Crippen LogP contribution in [-0.2, 0) is 29.7 Å². The number of thioether (sulfide) groups is 1. The molecule has 5 amide bonds. The van der Waals surface area contributed by atoms with E-state index in [1.807, 2.05) is 60.0 Å². The van der Waals surface area contributed by atoms with Gasteiger partial charge in [0, 0.05) is 51.9 Å². The van der Waals surface area contributed by atoms with E-state index in [1.54, 1.807) is 18.4 Å². The molecule has 61 heavy (non-hydrogen) atoms. The Bertz CT molecular complexity index is 2240. The first-order chi connectivity index (χ1) is 29.4. The summed E-state index contributed by atoms with van der Waals surface area (Å²) in [7, 11) is 1.61. The Morgan fingerprint density at radius 2 is 1.69 bits per heavy atom. The van der Waals surface area contributed by atoms with E-state index >= 15 is 0 Å². The molecule has 324 valence electrons. The maximum atomic E-state index is 13.3. The minimum absolute atomic E-state index is 0.108. The molecular weight excluding hydrogens is 836 g/mol. The molecule has 14 nitrogen and oxygen atoms in total. The number of ether oxygens (including phenoxy) is 1. The average Bonchev–Trinajstić information content (AvgIpc) is 3.72. The number of aromatic nitrogens is 3. The fourth-order valence-corrected chi connectivity index (χ4v) is 9.65. The maximum Gasteiger partial charge on any atom is 0.249 e. The number of benzene rings is 2. The van der Waals surface area contributed by atoms with Gasteiger partial charge >= 0.3 is 0 Å². The van der Waals surface area contributed by atoms with E-state index in [0.29, 0.717) is 35.3 Å². The van der Waals surface area contributed by atoms with Crippen LogP contribution < -0.4 is 26.0 Å². The predicted octanol–water partition coefficient (Wildman–Crippen LogP) is 6.38. The number of imide groups is 1. The number of hydrogen-bond donors (Lipinski definition) is 4. The summed E-state index contributed by atoms with van der Waals surface area (Å²) in [4.78, 5) is 69.9. The zero-order valence-corrected chi connectivity index (χ0v) is 37.4. The Morgan fingerprint density at radius 3 is 2.41 bits per heavy atom. The zero-order valence-electron chi connectivity index (χ0n) is 35.0. The van der Waals surface area contributed by atoms with Crippen LogP contribution in [0.3, 0.4) is 0 Å². The van der Waals surface area contributed by atoms with Gasteiger partial charge in [0.2, 0.25) is 29.5 Å². The molecule has 1 saturated heterocycles. The maximum absolute atomic E-state index is 13.3. The Balaban J connectivity index is 0.929. The van der Waals surface area contributed by atoms with Crippen molar-refractivity contribution in [1.29, 1.82) is 0 Å². The second-order valence-corrected chi connectivity index (χ2v) is 18.0. The smallest absolute Gasteiger partial charge is 0.249 e. The van der Waals surface area contributed by atoms with Crippen LogP contribution in [0.2, 0.25) is 5.02 Å². The van der Waals surface area contributed by atoms with E-state index in [-0.39, 0.29) is 43.4 Å². The molecule has 4 aromatic rings. The minimum atomic E-state index is -0.846. The van der Waals surface area contributed by atoms with Crippen molar-refractivity contribution in [3.63, 3.8) is 0 Å². The van der Waals surface area contributed by atoms with Crippen molar-refractivity contribution >= 4 is 69.9 Å². The van der Waals surface area contributed by atoms with E-state index in [1.165, 1.54) is 16.6 Å². The minimum Gasteiger partial charge on any atom is -0.497 e. The van der Waals surface area contributed by atoms with E-state index in [4.69, 9.17) is 21.3 Å². The quantitative estimate of drug-likeness (QED) is 0.0577. The molecule has 6 rings (SSSR count). The molecule has 4 N–H and O–H groups in total. The number of aryl methyl sites for hydroxylation is 2. The van der Waals surface area contributed by atoms with Gasteiger partial charge in [0.15, 0.2) is 5.82 Å². The van der Waals surface area contributed by atoms with Crippen molar-refractivity contribution in [3.05, 3.63) is 92.3 Å². The average molecular weight is 890 g/mol. The van der Waals surface area contributed by atoms with E-state index in [0.717, 1.165) is 76.6 Å². The summed E-state index contributed by atoms with van der Waals surface area (Å²) in [5.74, 6) is 1.35. The number of halogens is 1. The number of thiophene rings is 1. The van der Waals surface area contributed by atoms with Gasteiger partial charge in [-0.25, -0.2) is 0 Å². The number of nitrogens with zero attached hydrogens (tertiary/aromatic N) is 4. The third kappa shape index (κ3) is 12.1. The summed E-state index contributed by atoms with van der Waals surface area (Å²) in [5, 5.41) is 21.4. The van der Waals surface area contributed by atoms with Crippen molar-refractivity contribution in [3.8, 4) is 10.8 Å². The standard InChI is InChI=1S/C44H53ClN8O6S2/c1-26-27(2)61-44-39(26)40(30-14-16-31(45)17-15-30)48-34(41-52-51-28(3)53(41)44)23-38(56)46-22-10-8-6-5-7-9-11-36(54)47-35(25-60-24-29-12-18-32(59-4)19-13-29)43(58)49-33-20-21-37(55)50-42(33)57/h12-19,33-35H,5-11,20-25H2,1-4H3,(H,46,56)(H,47,54)(H,49,58)(H,50,55,57)/t33-,34-,35-/m0/s1. The second-order valence-electron chi connectivity index (χ2n) is 15.3. The summed E-state index contributed by atoms with van der Waals surface area (Å²) in [6.45, 7) is 6.65. The molecule has 0 radical (unpaired) electrons. The molecule has 0 bridgehead atoms. The number of fused-ring (bicyclic) bond motifs is 3. The van der Waals surface area contributed by atoms with Crippen LogP contribution in [0.1, 0.15) is 109 Å². The SMILES string of the molecule is COc1ccc(CSC[C@H](NC(=O)CCCCCCCCNC(=O)C[C@@H]2N=C(c3ccc(Cl)cc3)c3c(sc(C)c3C)-n3c(C)nnc32)C(=O)N[C@H]2CCC(=O)NC2=O)cc1. The Hall–Kier alpha value is -5.06. The highest BCUT2D eigenvalue weighted by Crippen LogP contribution is 2.39. The summed E-state index contributed by atoms with van der Waals surface area (Å²) in [6, 6.07) is 13.0. The molecule has 2 aliphatic rings. The number of unbranched alkanes of at least 4 members (excludes halogenated alkanes) is 5. The molecule has 0 aliphatic carbocycles. The lowest BCUT2D eigenvalue weighted by Gasteiger charge is -2.25. The first-order valence-corrected chi connectivity index (χ1v) is 23.0. The molecule has 0 unspecified atom stereocenters. The molecule has 0 saturated carbocycles. The van der Waals surface area contributed by atoms with Gasteiger partial charge in [0.25, 0.3) is 0 Å². The van der Waals surface area contributed by atoms with Gasteiger partial charge < -0.3 is 20.7 Å². The zero-order chi connectivity index (χ0) is 43.5. The number of aliphatic imine (C=N–C) groups is 1. The van der Waals surface area contributed by atoms with Crippen LogP contribution in [0.5, 0.6) is 5.75 Å². The molecule has 2 aliphatic heterocycles. The molecule has 0 spiro atoms. The Labute approximate surface area is 369 Å². The fourth-order valence-electron chi connectivity index (χ4n) is 7.30. The molecule has 4 heterocycles. The highest BCUT2D eigenvalue weighted by molar-refractivity contribution is 7.98. The molecule has 3 atom stereocenters. The van der Waals surface area contributed by atoms with Crippen LogP contribution >= 0.6 is 34.7 Å². The molecule has 1 fully saturated rings. The van der Waals surface area contributed by atoms with Crippen molar-refractivity contribution in [2.45, 2.75) is 109 Å². The van der Waals surface area contributed by atoms with Crippen LogP contribution in [0.15, 0.2) is 53.5 Å². The van der Waals surface area contributed by atoms with Crippen LogP contribution in [0.4, 0.5) is 0 Å². The van der Waals surface area contributed by atoms with Gasteiger partial charge in [-0.3, -0.25) is 38.8 Å². The van der Waals surface area contributed by atoms with Crippen molar-refractivity contribution in [2.24, 2.45) is 4.99 Å². The molecular formula is C44H53ClN8O6S2. The van der Waals surface area contributed by atoms with Gasteiger partial charge in [-0.2, -0.15) is 11.8 Å². The molecule has 2 aromatic heterocycles. The molecule has 2 aromatic carbocycles. The van der Waals surface area contributed by atoms with E-state index in [9.17, 15) is 24.0 Å².